The van der Waals surface area contributed by atoms with E-state index in [1.807, 2.05) is 24.3 Å². The molecule has 0 amide bonds. The number of tetrazole rings is 1. The molecule has 0 radical (unpaired) electrons. The summed E-state index contributed by atoms with van der Waals surface area (Å²) in [6, 6.07) is 7.87. The average Bonchev–Trinajstić information content (AvgIpc) is 3.26. The summed E-state index contributed by atoms with van der Waals surface area (Å²) in [7, 11) is 0. The normalized spacial score (nSPS) is 17.6. The number of benzene rings is 1. The van der Waals surface area contributed by atoms with Crippen molar-refractivity contribution in [3.05, 3.63) is 47.5 Å². The molecule has 1 aliphatic heterocycles. The summed E-state index contributed by atoms with van der Waals surface area (Å²) in [5.74, 6) is 0.598. The van der Waals surface area contributed by atoms with Crippen LogP contribution in [0.1, 0.15) is 32.0 Å². The van der Waals surface area contributed by atoms with Crippen molar-refractivity contribution in [1.29, 1.82) is 0 Å². The molecule has 1 N–H and O–H groups in total. The van der Waals surface area contributed by atoms with Crippen LogP contribution in [-0.4, -0.2) is 61.4 Å². The highest BCUT2D eigenvalue weighted by molar-refractivity contribution is 5.76. The van der Waals surface area contributed by atoms with Gasteiger partial charge in [-0.3, -0.25) is 4.90 Å². The maximum absolute atomic E-state index is 15.7. The zero-order valence-corrected chi connectivity index (χ0v) is 17.6. The number of halogens is 1. The minimum atomic E-state index is -0.180. The summed E-state index contributed by atoms with van der Waals surface area (Å²) in [4.78, 5) is 4.47. The van der Waals surface area contributed by atoms with Gasteiger partial charge in [-0.25, -0.2) is 4.39 Å². The van der Waals surface area contributed by atoms with E-state index in [-0.39, 0.29) is 11.9 Å². The van der Waals surface area contributed by atoms with Crippen molar-refractivity contribution in [2.45, 2.75) is 39.8 Å². The molecular formula is C21H27FN8. The van der Waals surface area contributed by atoms with Crippen molar-refractivity contribution in [3.63, 3.8) is 0 Å². The van der Waals surface area contributed by atoms with Gasteiger partial charge in [-0.2, -0.15) is 15.4 Å². The minimum Gasteiger partial charge on any atom is -0.366 e. The lowest BCUT2D eigenvalue weighted by molar-refractivity contribution is 0.178. The van der Waals surface area contributed by atoms with E-state index in [0.717, 1.165) is 24.3 Å². The molecule has 0 spiro atoms. The zero-order chi connectivity index (χ0) is 21.1. The molecule has 30 heavy (non-hydrogen) atoms. The van der Waals surface area contributed by atoms with Gasteiger partial charge in [0.2, 0.25) is 5.82 Å². The van der Waals surface area contributed by atoms with Crippen LogP contribution in [0.4, 0.5) is 10.1 Å². The van der Waals surface area contributed by atoms with Crippen molar-refractivity contribution < 1.29 is 4.39 Å². The summed E-state index contributed by atoms with van der Waals surface area (Å²) in [6.07, 6.45) is 2.37. The Kier molecular flexibility index (Phi) is 5.98. The number of aromatic amines is 1. The van der Waals surface area contributed by atoms with Crippen LogP contribution in [0.2, 0.25) is 0 Å². The standard InChI is InChI=1S/C21H27FN8/c1-14(2)11-16-6-7-18(21-25-27-28-26-21)20(19(16)22)30-10-9-29(15(3)12-30)13-17-5-4-8-23-24-17/h4-8,14-15H,9-13H2,1-3H3,(H,25,26,27,28)/t15-/m0/s1. The van der Waals surface area contributed by atoms with E-state index in [2.05, 4.69) is 61.4 Å². The summed E-state index contributed by atoms with van der Waals surface area (Å²) < 4.78 is 15.7. The van der Waals surface area contributed by atoms with Gasteiger partial charge >= 0.3 is 0 Å². The first-order chi connectivity index (χ1) is 14.5. The predicted molar refractivity (Wildman–Crippen MR) is 112 cm³/mol. The number of nitrogens with zero attached hydrogens (tertiary/aromatic N) is 7. The van der Waals surface area contributed by atoms with Crippen LogP contribution in [0.5, 0.6) is 0 Å². The van der Waals surface area contributed by atoms with E-state index >= 15 is 4.39 Å². The van der Waals surface area contributed by atoms with E-state index in [1.54, 1.807) is 6.20 Å². The Morgan fingerprint density at radius 1 is 1.20 bits per heavy atom. The van der Waals surface area contributed by atoms with Gasteiger partial charge in [-0.05, 0) is 48.2 Å². The molecule has 2 aromatic heterocycles. The number of aromatic nitrogens is 6. The van der Waals surface area contributed by atoms with E-state index in [0.29, 0.717) is 42.5 Å². The molecule has 0 saturated carbocycles. The molecule has 1 aliphatic rings. The number of hydrogen-bond acceptors (Lipinski definition) is 7. The molecule has 9 heteroatoms. The van der Waals surface area contributed by atoms with Crippen LogP contribution in [0.3, 0.4) is 0 Å². The Bertz CT molecular complexity index is 961. The Labute approximate surface area is 175 Å². The highest BCUT2D eigenvalue weighted by Crippen LogP contribution is 2.35. The first-order valence-electron chi connectivity index (χ1n) is 10.3. The van der Waals surface area contributed by atoms with E-state index in [4.69, 9.17) is 0 Å². The Morgan fingerprint density at radius 2 is 2.07 bits per heavy atom. The van der Waals surface area contributed by atoms with Crippen LogP contribution < -0.4 is 4.90 Å². The van der Waals surface area contributed by atoms with E-state index in [9.17, 15) is 0 Å². The highest BCUT2D eigenvalue weighted by Gasteiger charge is 2.29. The quantitative estimate of drug-likeness (QED) is 0.669. The van der Waals surface area contributed by atoms with Gasteiger partial charge in [-0.1, -0.05) is 19.9 Å². The second-order valence-corrected chi connectivity index (χ2v) is 8.25. The van der Waals surface area contributed by atoms with Gasteiger partial charge in [0.15, 0.2) is 0 Å². The molecule has 1 saturated heterocycles. The summed E-state index contributed by atoms with van der Waals surface area (Å²) in [5.41, 5.74) is 2.90. The van der Waals surface area contributed by atoms with Crippen LogP contribution >= 0.6 is 0 Å². The largest absolute Gasteiger partial charge is 0.366 e. The third kappa shape index (κ3) is 4.30. The van der Waals surface area contributed by atoms with Crippen LogP contribution in [0.25, 0.3) is 11.4 Å². The molecule has 4 rings (SSSR count). The predicted octanol–water partition coefficient (Wildman–Crippen LogP) is 2.71. The monoisotopic (exact) mass is 410 g/mol. The molecule has 158 valence electrons. The maximum atomic E-state index is 15.7. The molecular weight excluding hydrogens is 383 g/mol. The van der Waals surface area contributed by atoms with Crippen molar-refractivity contribution in [3.8, 4) is 11.4 Å². The number of hydrogen-bond donors (Lipinski definition) is 1. The molecule has 3 aromatic rings. The van der Waals surface area contributed by atoms with E-state index in [1.165, 1.54) is 0 Å². The van der Waals surface area contributed by atoms with E-state index < -0.39 is 0 Å². The second-order valence-electron chi connectivity index (χ2n) is 8.25. The SMILES string of the molecule is CC(C)Cc1ccc(-c2nn[nH]n2)c(N2CCN(Cc3cccnn3)[C@@H](C)C2)c1F. The second kappa shape index (κ2) is 8.83. The van der Waals surface area contributed by atoms with Gasteiger partial charge < -0.3 is 4.90 Å². The van der Waals surface area contributed by atoms with Gasteiger partial charge in [0.1, 0.15) is 5.82 Å². The van der Waals surface area contributed by atoms with Crippen LogP contribution in [0.15, 0.2) is 30.5 Å². The van der Waals surface area contributed by atoms with Crippen LogP contribution in [-0.2, 0) is 13.0 Å². The van der Waals surface area contributed by atoms with Crippen molar-refractivity contribution in [1.82, 2.24) is 35.7 Å². The Balaban J connectivity index is 1.61. The Hall–Kier alpha value is -2.94. The van der Waals surface area contributed by atoms with Crippen molar-refractivity contribution >= 4 is 5.69 Å². The molecule has 1 atom stereocenters. The fourth-order valence-corrected chi connectivity index (χ4v) is 4.03. The van der Waals surface area contributed by atoms with Gasteiger partial charge in [-0.15, -0.1) is 10.2 Å². The van der Waals surface area contributed by atoms with Gasteiger partial charge in [0.25, 0.3) is 0 Å². The number of H-pyrrole nitrogens is 1. The zero-order valence-electron chi connectivity index (χ0n) is 17.6. The smallest absolute Gasteiger partial charge is 0.206 e. The molecule has 0 bridgehead atoms. The third-order valence-electron chi connectivity index (χ3n) is 5.48. The highest BCUT2D eigenvalue weighted by atomic mass is 19.1. The molecule has 0 unspecified atom stereocenters. The van der Waals surface area contributed by atoms with Crippen LogP contribution in [0, 0.1) is 11.7 Å². The van der Waals surface area contributed by atoms with Gasteiger partial charge in [0.05, 0.1) is 11.4 Å². The number of piperazine rings is 1. The molecule has 1 aromatic carbocycles. The fourth-order valence-electron chi connectivity index (χ4n) is 4.03. The van der Waals surface area contributed by atoms with Crippen molar-refractivity contribution in [2.24, 2.45) is 5.92 Å². The lowest BCUT2D eigenvalue weighted by atomic mass is 9.98. The molecule has 8 nitrogen and oxygen atoms in total. The van der Waals surface area contributed by atoms with Gasteiger partial charge in [0, 0.05) is 44.0 Å². The summed E-state index contributed by atoms with van der Waals surface area (Å²) in [6.45, 7) is 9.30. The third-order valence-corrected chi connectivity index (χ3v) is 5.48. The summed E-state index contributed by atoms with van der Waals surface area (Å²) >= 11 is 0. The summed E-state index contributed by atoms with van der Waals surface area (Å²) in [5, 5.41) is 22.5. The molecule has 1 fully saturated rings. The average molecular weight is 411 g/mol. The lowest BCUT2D eigenvalue weighted by Crippen LogP contribution is -2.52. The fraction of sp³-hybridized carbons (Fsp3) is 0.476. The minimum absolute atomic E-state index is 0.180. The maximum Gasteiger partial charge on any atom is 0.206 e. The number of nitrogens with one attached hydrogen (secondary N) is 1. The first kappa shape index (κ1) is 20.3. The topological polar surface area (TPSA) is 86.7 Å². The lowest BCUT2D eigenvalue weighted by Gasteiger charge is -2.41. The Morgan fingerprint density at radius 3 is 2.73 bits per heavy atom. The number of rotatable bonds is 6. The first-order valence-corrected chi connectivity index (χ1v) is 10.3. The molecule has 3 heterocycles. The number of anilines is 1. The van der Waals surface area contributed by atoms with Crippen molar-refractivity contribution in [2.75, 3.05) is 24.5 Å². The molecule has 0 aliphatic carbocycles.